The van der Waals surface area contributed by atoms with E-state index in [1.54, 1.807) is 13.0 Å². The first-order chi connectivity index (χ1) is 8.79. The van der Waals surface area contributed by atoms with Crippen LogP contribution in [0.4, 0.5) is 13.2 Å². The van der Waals surface area contributed by atoms with E-state index < -0.39 is 11.7 Å². The second-order valence-corrected chi connectivity index (χ2v) is 5.03. The van der Waals surface area contributed by atoms with Crippen LogP contribution >= 0.6 is 23.2 Å². The summed E-state index contributed by atoms with van der Waals surface area (Å²) < 4.78 is 39.1. The van der Waals surface area contributed by atoms with Crippen molar-refractivity contribution in [2.75, 3.05) is 0 Å². The third-order valence-corrected chi connectivity index (χ3v) is 3.17. The Hall–Kier alpha value is -1.19. The van der Waals surface area contributed by atoms with Gasteiger partial charge in [-0.05, 0) is 47.9 Å². The standard InChI is InChI=1S/C14H9Cl2F3/c1-8-3-2-4-12(14(17,18)19)13(8)9-5-10(15)7-11(16)6-9/h2-7H,1H3. The topological polar surface area (TPSA) is 0 Å². The molecule has 0 N–H and O–H groups in total. The zero-order valence-electron chi connectivity index (χ0n) is 9.85. The average Bonchev–Trinajstić information content (AvgIpc) is 2.25. The molecule has 2 rings (SSSR count). The molecule has 0 heterocycles. The zero-order chi connectivity index (χ0) is 14.2. The van der Waals surface area contributed by atoms with Crippen LogP contribution in [0.2, 0.25) is 10.0 Å². The molecule has 19 heavy (non-hydrogen) atoms. The Morgan fingerprint density at radius 1 is 0.947 bits per heavy atom. The van der Waals surface area contributed by atoms with Crippen LogP contribution in [0.25, 0.3) is 11.1 Å². The molecule has 2 aromatic rings. The van der Waals surface area contributed by atoms with E-state index in [0.717, 1.165) is 6.07 Å². The van der Waals surface area contributed by atoms with Gasteiger partial charge in [0.05, 0.1) is 5.56 Å². The second-order valence-electron chi connectivity index (χ2n) is 4.15. The molecular formula is C14H9Cl2F3. The Labute approximate surface area is 118 Å². The van der Waals surface area contributed by atoms with E-state index in [4.69, 9.17) is 23.2 Å². The summed E-state index contributed by atoms with van der Waals surface area (Å²) in [6, 6.07) is 8.50. The van der Waals surface area contributed by atoms with Crippen LogP contribution in [0, 0.1) is 6.92 Å². The molecular weight excluding hydrogens is 296 g/mol. The van der Waals surface area contributed by atoms with E-state index in [1.807, 2.05) is 0 Å². The minimum atomic E-state index is -4.42. The van der Waals surface area contributed by atoms with Crippen molar-refractivity contribution in [1.29, 1.82) is 0 Å². The summed E-state index contributed by atoms with van der Waals surface area (Å²) in [7, 11) is 0. The number of aryl methyl sites for hydroxylation is 1. The van der Waals surface area contributed by atoms with Crippen LogP contribution in [-0.2, 0) is 6.18 Å². The summed E-state index contributed by atoms with van der Waals surface area (Å²) >= 11 is 11.7. The van der Waals surface area contributed by atoms with Gasteiger partial charge in [-0.2, -0.15) is 13.2 Å². The fraction of sp³-hybridized carbons (Fsp3) is 0.143. The Morgan fingerprint density at radius 2 is 1.53 bits per heavy atom. The molecule has 0 aromatic heterocycles. The lowest BCUT2D eigenvalue weighted by Crippen LogP contribution is -2.08. The number of alkyl halides is 3. The molecule has 0 saturated carbocycles. The Kier molecular flexibility index (Phi) is 3.79. The van der Waals surface area contributed by atoms with Gasteiger partial charge in [-0.25, -0.2) is 0 Å². The Bertz CT molecular complexity index is 598. The summed E-state index contributed by atoms with van der Waals surface area (Å²) in [6.07, 6.45) is -4.42. The number of rotatable bonds is 1. The van der Waals surface area contributed by atoms with Crippen molar-refractivity contribution in [1.82, 2.24) is 0 Å². The van der Waals surface area contributed by atoms with Gasteiger partial charge in [-0.15, -0.1) is 0 Å². The van der Waals surface area contributed by atoms with Gasteiger partial charge in [0.15, 0.2) is 0 Å². The smallest absolute Gasteiger partial charge is 0.166 e. The predicted octanol–water partition coefficient (Wildman–Crippen LogP) is 5.99. The van der Waals surface area contributed by atoms with Crippen molar-refractivity contribution < 1.29 is 13.2 Å². The van der Waals surface area contributed by atoms with Gasteiger partial charge >= 0.3 is 6.18 Å². The van der Waals surface area contributed by atoms with E-state index in [9.17, 15) is 13.2 Å². The van der Waals surface area contributed by atoms with Crippen LogP contribution in [0.3, 0.4) is 0 Å². The fourth-order valence-electron chi connectivity index (χ4n) is 1.99. The quantitative estimate of drug-likeness (QED) is 0.607. The summed E-state index contributed by atoms with van der Waals surface area (Å²) in [5.74, 6) is 0. The maximum absolute atomic E-state index is 13.0. The zero-order valence-corrected chi connectivity index (χ0v) is 11.4. The first kappa shape index (κ1) is 14.2. The van der Waals surface area contributed by atoms with Gasteiger partial charge in [0, 0.05) is 10.0 Å². The number of halogens is 5. The Morgan fingerprint density at radius 3 is 2.05 bits per heavy atom. The molecule has 0 saturated heterocycles. The number of benzene rings is 2. The van der Waals surface area contributed by atoms with E-state index in [-0.39, 0.29) is 5.56 Å². The van der Waals surface area contributed by atoms with Crippen LogP contribution in [0.5, 0.6) is 0 Å². The third-order valence-electron chi connectivity index (χ3n) is 2.73. The first-order valence-electron chi connectivity index (χ1n) is 5.42. The lowest BCUT2D eigenvalue weighted by atomic mass is 9.95. The van der Waals surface area contributed by atoms with Gasteiger partial charge in [0.1, 0.15) is 0 Å². The van der Waals surface area contributed by atoms with E-state index in [0.29, 0.717) is 21.2 Å². The lowest BCUT2D eigenvalue weighted by Gasteiger charge is -2.16. The minimum Gasteiger partial charge on any atom is -0.166 e. The molecule has 0 nitrogen and oxygen atoms in total. The van der Waals surface area contributed by atoms with Crippen molar-refractivity contribution in [3.8, 4) is 11.1 Å². The highest BCUT2D eigenvalue weighted by molar-refractivity contribution is 6.35. The molecule has 0 fully saturated rings. The predicted molar refractivity (Wildman–Crippen MR) is 71.6 cm³/mol. The van der Waals surface area contributed by atoms with Crippen molar-refractivity contribution in [3.05, 3.63) is 57.6 Å². The van der Waals surface area contributed by atoms with E-state index >= 15 is 0 Å². The number of hydrogen-bond acceptors (Lipinski definition) is 0. The molecule has 0 atom stereocenters. The highest BCUT2D eigenvalue weighted by Crippen LogP contribution is 2.40. The minimum absolute atomic E-state index is 0.111. The molecule has 0 unspecified atom stereocenters. The van der Waals surface area contributed by atoms with Crippen molar-refractivity contribution in [2.24, 2.45) is 0 Å². The largest absolute Gasteiger partial charge is 0.417 e. The summed E-state index contributed by atoms with van der Waals surface area (Å²) in [4.78, 5) is 0. The van der Waals surface area contributed by atoms with Crippen LogP contribution in [0.1, 0.15) is 11.1 Å². The maximum Gasteiger partial charge on any atom is 0.417 e. The van der Waals surface area contributed by atoms with E-state index in [2.05, 4.69) is 0 Å². The summed E-state index contributed by atoms with van der Waals surface area (Å²) in [5, 5.41) is 0.609. The lowest BCUT2D eigenvalue weighted by molar-refractivity contribution is -0.137. The molecule has 0 radical (unpaired) electrons. The van der Waals surface area contributed by atoms with Crippen molar-refractivity contribution in [3.63, 3.8) is 0 Å². The maximum atomic E-state index is 13.0. The van der Waals surface area contributed by atoms with Crippen molar-refractivity contribution in [2.45, 2.75) is 13.1 Å². The molecule has 0 amide bonds. The summed E-state index contributed by atoms with van der Waals surface area (Å²) in [6.45, 7) is 1.62. The van der Waals surface area contributed by atoms with Gasteiger partial charge < -0.3 is 0 Å². The van der Waals surface area contributed by atoms with E-state index in [1.165, 1.54) is 24.3 Å². The highest BCUT2D eigenvalue weighted by Gasteiger charge is 2.34. The molecule has 0 aliphatic rings. The Balaban J connectivity index is 2.74. The monoisotopic (exact) mass is 304 g/mol. The average molecular weight is 305 g/mol. The molecule has 100 valence electrons. The second kappa shape index (κ2) is 5.06. The SMILES string of the molecule is Cc1cccc(C(F)(F)F)c1-c1cc(Cl)cc(Cl)c1. The van der Waals surface area contributed by atoms with Crippen LogP contribution in [-0.4, -0.2) is 0 Å². The molecule has 0 bridgehead atoms. The molecule has 0 aliphatic heterocycles. The fourth-order valence-corrected chi connectivity index (χ4v) is 2.51. The van der Waals surface area contributed by atoms with Crippen LogP contribution < -0.4 is 0 Å². The normalized spacial score (nSPS) is 11.7. The summed E-state index contributed by atoms with van der Waals surface area (Å²) in [5.41, 5.74) is 0.307. The molecule has 5 heteroatoms. The van der Waals surface area contributed by atoms with Crippen LogP contribution in [0.15, 0.2) is 36.4 Å². The van der Waals surface area contributed by atoms with Gasteiger partial charge in [-0.1, -0.05) is 35.3 Å². The number of hydrogen-bond donors (Lipinski definition) is 0. The van der Waals surface area contributed by atoms with Crippen molar-refractivity contribution >= 4 is 23.2 Å². The molecule has 0 spiro atoms. The molecule has 0 aliphatic carbocycles. The molecule has 2 aromatic carbocycles. The first-order valence-corrected chi connectivity index (χ1v) is 6.18. The van der Waals surface area contributed by atoms with Gasteiger partial charge in [-0.3, -0.25) is 0 Å². The van der Waals surface area contributed by atoms with Gasteiger partial charge in [0.2, 0.25) is 0 Å². The third kappa shape index (κ3) is 3.04. The highest BCUT2D eigenvalue weighted by atomic mass is 35.5. The van der Waals surface area contributed by atoms with Gasteiger partial charge in [0.25, 0.3) is 0 Å².